The van der Waals surface area contributed by atoms with E-state index < -0.39 is 34.4 Å². The number of sulfonamides is 1. The van der Waals surface area contributed by atoms with E-state index in [1.54, 1.807) is 25.1 Å². The van der Waals surface area contributed by atoms with Crippen LogP contribution in [0.2, 0.25) is 15.1 Å². The molecule has 0 saturated heterocycles. The summed E-state index contributed by atoms with van der Waals surface area (Å²) in [6.07, 6.45) is 0.886. The minimum atomic E-state index is -4.50. The summed E-state index contributed by atoms with van der Waals surface area (Å²) in [5.74, 6) is -0.485. The average molecular weight is 715 g/mol. The van der Waals surface area contributed by atoms with E-state index in [4.69, 9.17) is 49.0 Å². The van der Waals surface area contributed by atoms with Crippen LogP contribution >= 0.6 is 34.8 Å². The molecule has 0 heterocycles. The molecule has 0 saturated carbocycles. The molecule has 10 nitrogen and oxygen atoms in total. The molecule has 1 N–H and O–H groups in total. The highest BCUT2D eigenvalue weighted by Gasteiger charge is 2.36. The summed E-state index contributed by atoms with van der Waals surface area (Å²) < 4.78 is 45.8. The van der Waals surface area contributed by atoms with Gasteiger partial charge in [0.25, 0.3) is 10.0 Å². The van der Waals surface area contributed by atoms with Crippen molar-refractivity contribution in [1.82, 2.24) is 10.2 Å². The fourth-order valence-corrected chi connectivity index (χ4v) is 6.81. The van der Waals surface area contributed by atoms with Crippen molar-refractivity contribution in [3.05, 3.63) is 75.2 Å². The predicted molar refractivity (Wildman–Crippen MR) is 181 cm³/mol. The SMILES string of the molecule is CCC(C)NC(=O)C(CC)N(Cc1c(Cl)cccc1Cl)C(=O)CN(c1cc(Cl)ccc1OC)S(=O)(=O)c1ccc(OC)c(OC)c1. The minimum Gasteiger partial charge on any atom is -0.495 e. The van der Waals surface area contributed by atoms with E-state index in [0.29, 0.717) is 17.7 Å². The van der Waals surface area contributed by atoms with Crippen molar-refractivity contribution in [2.45, 2.75) is 57.1 Å². The van der Waals surface area contributed by atoms with Crippen molar-refractivity contribution in [2.75, 3.05) is 32.2 Å². The van der Waals surface area contributed by atoms with Crippen LogP contribution in [0.25, 0.3) is 0 Å². The number of anilines is 1. The van der Waals surface area contributed by atoms with E-state index >= 15 is 0 Å². The van der Waals surface area contributed by atoms with Crippen LogP contribution in [0.1, 0.15) is 39.2 Å². The monoisotopic (exact) mass is 713 g/mol. The van der Waals surface area contributed by atoms with Crippen LogP contribution in [0.3, 0.4) is 0 Å². The number of nitrogens with zero attached hydrogens (tertiary/aromatic N) is 2. The predicted octanol–water partition coefficient (Wildman–Crippen LogP) is 6.59. The second kappa shape index (κ2) is 16.4. The minimum absolute atomic E-state index is 0.00552. The zero-order chi connectivity index (χ0) is 34.2. The number of hydrogen-bond acceptors (Lipinski definition) is 7. The van der Waals surface area contributed by atoms with E-state index in [-0.39, 0.29) is 56.2 Å². The Morgan fingerprint density at radius 2 is 1.46 bits per heavy atom. The first kappa shape index (κ1) is 37.1. The van der Waals surface area contributed by atoms with Crippen molar-refractivity contribution < 1.29 is 32.2 Å². The Bertz CT molecular complexity index is 1640. The zero-order valence-electron chi connectivity index (χ0n) is 26.5. The van der Waals surface area contributed by atoms with Crippen molar-refractivity contribution in [2.24, 2.45) is 0 Å². The Kier molecular flexibility index (Phi) is 13.3. The van der Waals surface area contributed by atoms with Crippen molar-refractivity contribution in [3.8, 4) is 17.2 Å². The molecule has 3 aromatic carbocycles. The van der Waals surface area contributed by atoms with Gasteiger partial charge in [0.2, 0.25) is 11.8 Å². The molecule has 250 valence electrons. The molecule has 3 aromatic rings. The lowest BCUT2D eigenvalue weighted by Gasteiger charge is -2.34. The molecule has 0 aliphatic carbocycles. The molecule has 0 spiro atoms. The summed E-state index contributed by atoms with van der Waals surface area (Å²) in [6, 6.07) is 12.2. The largest absolute Gasteiger partial charge is 0.495 e. The Balaban J connectivity index is 2.21. The third-order valence-electron chi connectivity index (χ3n) is 7.41. The van der Waals surface area contributed by atoms with Crippen LogP contribution in [-0.2, 0) is 26.2 Å². The summed E-state index contributed by atoms with van der Waals surface area (Å²) >= 11 is 19.3. The van der Waals surface area contributed by atoms with E-state index in [2.05, 4.69) is 5.32 Å². The first-order valence-corrected chi connectivity index (χ1v) is 17.0. The van der Waals surface area contributed by atoms with Gasteiger partial charge < -0.3 is 24.4 Å². The molecule has 0 bridgehead atoms. The number of methoxy groups -OCH3 is 3. The molecule has 0 aliphatic heterocycles. The number of rotatable bonds is 15. The number of carbonyl (C=O) groups excluding carboxylic acids is 2. The van der Waals surface area contributed by atoms with Crippen LogP contribution in [-0.4, -0.2) is 65.1 Å². The molecule has 2 unspecified atom stereocenters. The maximum absolute atomic E-state index is 14.4. The highest BCUT2D eigenvalue weighted by molar-refractivity contribution is 7.92. The lowest BCUT2D eigenvalue weighted by molar-refractivity contribution is -0.140. The number of amides is 2. The molecular formula is C32H38Cl3N3O7S. The van der Waals surface area contributed by atoms with E-state index in [0.717, 1.165) is 4.31 Å². The first-order chi connectivity index (χ1) is 21.8. The molecule has 2 atom stereocenters. The lowest BCUT2D eigenvalue weighted by atomic mass is 10.1. The van der Waals surface area contributed by atoms with Gasteiger partial charge in [-0.1, -0.05) is 54.7 Å². The molecule has 0 radical (unpaired) electrons. The highest BCUT2D eigenvalue weighted by Crippen LogP contribution is 2.37. The fourth-order valence-electron chi connectivity index (χ4n) is 4.69. The summed E-state index contributed by atoms with van der Waals surface area (Å²) in [4.78, 5) is 29.1. The second-order valence-corrected chi connectivity index (χ2v) is 13.4. The zero-order valence-corrected chi connectivity index (χ0v) is 29.6. The normalized spacial score (nSPS) is 12.5. The summed E-state index contributed by atoms with van der Waals surface area (Å²) in [5, 5.41) is 3.70. The van der Waals surface area contributed by atoms with Gasteiger partial charge in [0.1, 0.15) is 18.3 Å². The van der Waals surface area contributed by atoms with E-state index in [9.17, 15) is 18.0 Å². The molecule has 2 amide bonds. The van der Waals surface area contributed by atoms with Gasteiger partial charge in [0.05, 0.1) is 31.9 Å². The Hall–Kier alpha value is -3.38. The van der Waals surface area contributed by atoms with Crippen LogP contribution < -0.4 is 23.8 Å². The quantitative estimate of drug-likeness (QED) is 0.189. The van der Waals surface area contributed by atoms with Gasteiger partial charge in [-0.05, 0) is 62.2 Å². The first-order valence-electron chi connectivity index (χ1n) is 14.4. The van der Waals surface area contributed by atoms with Crippen LogP contribution in [0, 0.1) is 0 Å². The second-order valence-electron chi connectivity index (χ2n) is 10.3. The van der Waals surface area contributed by atoms with Crippen LogP contribution in [0.4, 0.5) is 5.69 Å². The Morgan fingerprint density at radius 3 is 2.02 bits per heavy atom. The number of ether oxygens (including phenoxy) is 3. The number of benzene rings is 3. The number of hydrogen-bond donors (Lipinski definition) is 1. The van der Waals surface area contributed by atoms with Crippen molar-refractivity contribution in [3.63, 3.8) is 0 Å². The molecular weight excluding hydrogens is 677 g/mol. The molecule has 0 aromatic heterocycles. The summed E-state index contributed by atoms with van der Waals surface area (Å²) in [7, 11) is -0.323. The maximum Gasteiger partial charge on any atom is 0.265 e. The third-order valence-corrected chi connectivity index (χ3v) is 10.1. The van der Waals surface area contributed by atoms with Gasteiger partial charge in [-0.25, -0.2) is 8.42 Å². The number of nitrogens with one attached hydrogen (secondary N) is 1. The van der Waals surface area contributed by atoms with Crippen molar-refractivity contribution in [1.29, 1.82) is 0 Å². The van der Waals surface area contributed by atoms with Gasteiger partial charge in [0, 0.05) is 39.3 Å². The van der Waals surface area contributed by atoms with Crippen molar-refractivity contribution >= 4 is 62.3 Å². The van der Waals surface area contributed by atoms with Gasteiger partial charge in [-0.15, -0.1) is 0 Å². The highest BCUT2D eigenvalue weighted by atomic mass is 35.5. The standard InChI is InChI=1S/C32H38Cl3N3O7S/c1-7-20(3)36-32(40)26(8-2)37(18-23-24(34)10-9-11-25(23)35)31(39)19-38(27-16-21(33)12-14-28(27)43-4)46(41,42)22-13-15-29(44-5)30(17-22)45-6/h9-17,20,26H,7-8,18-19H2,1-6H3,(H,36,40). The van der Waals surface area contributed by atoms with E-state index in [1.165, 1.54) is 62.6 Å². The van der Waals surface area contributed by atoms with Gasteiger partial charge in [-0.3, -0.25) is 13.9 Å². The molecule has 0 aliphatic rings. The number of halogens is 3. The van der Waals surface area contributed by atoms with Gasteiger partial charge in [-0.2, -0.15) is 0 Å². The van der Waals surface area contributed by atoms with Crippen LogP contribution in [0.15, 0.2) is 59.5 Å². The molecule has 3 rings (SSSR count). The van der Waals surface area contributed by atoms with Crippen LogP contribution in [0.5, 0.6) is 17.2 Å². The summed E-state index contributed by atoms with van der Waals surface area (Å²) in [5.41, 5.74) is 0.412. The smallest absolute Gasteiger partial charge is 0.265 e. The van der Waals surface area contributed by atoms with E-state index in [1.807, 2.05) is 13.8 Å². The maximum atomic E-state index is 14.4. The average Bonchev–Trinajstić information content (AvgIpc) is 3.04. The lowest BCUT2D eigenvalue weighted by Crippen LogP contribution is -2.53. The van der Waals surface area contributed by atoms with Gasteiger partial charge >= 0.3 is 0 Å². The Morgan fingerprint density at radius 1 is 0.848 bits per heavy atom. The molecule has 0 fully saturated rings. The topological polar surface area (TPSA) is 114 Å². The third kappa shape index (κ3) is 8.50. The fraction of sp³-hybridized carbons (Fsp3) is 0.375. The summed E-state index contributed by atoms with van der Waals surface area (Å²) in [6.45, 7) is 4.63. The van der Waals surface area contributed by atoms with Gasteiger partial charge in [0.15, 0.2) is 11.5 Å². The Labute approximate surface area is 285 Å². The number of carbonyl (C=O) groups is 2. The molecule has 14 heteroatoms. The molecule has 46 heavy (non-hydrogen) atoms.